The van der Waals surface area contributed by atoms with E-state index in [0.29, 0.717) is 19.3 Å². The van der Waals surface area contributed by atoms with Gasteiger partial charge < -0.3 is 18.9 Å². The van der Waals surface area contributed by atoms with E-state index in [4.69, 9.17) is 14.2 Å². The van der Waals surface area contributed by atoms with Crippen molar-refractivity contribution in [1.82, 2.24) is 0 Å². The maximum Gasteiger partial charge on any atom is 0.387 e. The molecule has 1 heterocycles. The molecule has 2 aromatic rings. The van der Waals surface area contributed by atoms with Crippen molar-refractivity contribution in [3.8, 4) is 11.5 Å². The standard InChI is InChI=1S/C22H21F5O5/c1-2-3-4-12-10-29-21(30-11-12)13-7-16(24)19(17(25)8-13)20(28)31-14-5-6-18(15(23)9-14)32-22(26)27/h5-9,12,21-22H,2-4,10-11H2,1H3. The molecule has 0 atom stereocenters. The Morgan fingerprint density at radius 1 is 1.06 bits per heavy atom. The maximum absolute atomic E-state index is 14.5. The summed E-state index contributed by atoms with van der Waals surface area (Å²) < 4.78 is 87.0. The summed E-state index contributed by atoms with van der Waals surface area (Å²) in [6.45, 7) is -0.416. The molecule has 174 valence electrons. The molecule has 0 N–H and O–H groups in total. The minimum Gasteiger partial charge on any atom is -0.432 e. The second-order valence-electron chi connectivity index (χ2n) is 7.23. The van der Waals surface area contributed by atoms with Gasteiger partial charge in [-0.2, -0.15) is 8.78 Å². The molecule has 2 aromatic carbocycles. The first-order valence-electron chi connectivity index (χ1n) is 9.97. The van der Waals surface area contributed by atoms with Crippen LogP contribution in [0.25, 0.3) is 0 Å². The van der Waals surface area contributed by atoms with Gasteiger partial charge in [-0.15, -0.1) is 0 Å². The Kier molecular flexibility index (Phi) is 8.03. The Balaban J connectivity index is 1.68. The van der Waals surface area contributed by atoms with Crippen molar-refractivity contribution < 1.29 is 45.7 Å². The van der Waals surface area contributed by atoms with Gasteiger partial charge in [-0.1, -0.05) is 19.8 Å². The van der Waals surface area contributed by atoms with E-state index in [2.05, 4.69) is 11.7 Å². The highest BCUT2D eigenvalue weighted by atomic mass is 19.3. The summed E-state index contributed by atoms with van der Waals surface area (Å²) in [6.07, 6.45) is 2.01. The van der Waals surface area contributed by atoms with Gasteiger partial charge in [0.25, 0.3) is 0 Å². The number of benzene rings is 2. The second kappa shape index (κ2) is 10.7. The van der Waals surface area contributed by atoms with E-state index in [9.17, 15) is 26.7 Å². The van der Waals surface area contributed by atoms with Crippen molar-refractivity contribution >= 4 is 5.97 Å². The fourth-order valence-electron chi connectivity index (χ4n) is 3.21. The van der Waals surface area contributed by atoms with Gasteiger partial charge in [-0.05, 0) is 30.7 Å². The summed E-state index contributed by atoms with van der Waals surface area (Å²) in [4.78, 5) is 12.2. The molecule has 1 aliphatic heterocycles. The van der Waals surface area contributed by atoms with E-state index < -0.39 is 53.4 Å². The van der Waals surface area contributed by atoms with Crippen LogP contribution in [0.1, 0.15) is 48.4 Å². The van der Waals surface area contributed by atoms with Crippen LogP contribution >= 0.6 is 0 Å². The molecule has 0 aromatic heterocycles. The molecular weight excluding hydrogens is 439 g/mol. The Hall–Kier alpha value is -2.72. The molecule has 32 heavy (non-hydrogen) atoms. The molecule has 0 aliphatic carbocycles. The van der Waals surface area contributed by atoms with Crippen LogP contribution in [-0.2, 0) is 9.47 Å². The summed E-state index contributed by atoms with van der Waals surface area (Å²) in [6, 6.07) is 4.12. The number of esters is 1. The van der Waals surface area contributed by atoms with E-state index in [1.807, 2.05) is 0 Å². The normalized spacial score (nSPS) is 18.6. The van der Waals surface area contributed by atoms with Crippen LogP contribution in [0, 0.1) is 23.4 Å². The lowest BCUT2D eigenvalue weighted by atomic mass is 10.0. The quantitative estimate of drug-likeness (QED) is 0.284. The average molecular weight is 460 g/mol. The van der Waals surface area contributed by atoms with E-state index in [0.717, 1.165) is 43.5 Å². The molecule has 1 aliphatic rings. The Morgan fingerprint density at radius 3 is 2.28 bits per heavy atom. The van der Waals surface area contributed by atoms with E-state index >= 15 is 0 Å². The first-order valence-corrected chi connectivity index (χ1v) is 9.97. The molecule has 3 rings (SSSR count). The molecule has 0 spiro atoms. The van der Waals surface area contributed by atoms with Crippen LogP contribution in [0.4, 0.5) is 22.0 Å². The molecule has 0 bridgehead atoms. The molecule has 0 saturated carbocycles. The Labute approximate surface area is 181 Å². The highest BCUT2D eigenvalue weighted by Gasteiger charge is 2.27. The number of halogens is 5. The summed E-state index contributed by atoms with van der Waals surface area (Å²) in [5.74, 6) is -6.13. The molecule has 0 radical (unpaired) electrons. The average Bonchev–Trinajstić information content (AvgIpc) is 2.73. The SMILES string of the molecule is CCCCC1COC(c2cc(F)c(C(=O)Oc3ccc(OC(F)F)c(F)c3)c(F)c2)OC1. The van der Waals surface area contributed by atoms with Gasteiger partial charge in [-0.3, -0.25) is 0 Å². The minimum absolute atomic E-state index is 0.0602. The monoisotopic (exact) mass is 460 g/mol. The van der Waals surface area contributed by atoms with Crippen LogP contribution in [0.5, 0.6) is 11.5 Å². The number of hydrogen-bond donors (Lipinski definition) is 0. The molecular formula is C22H21F5O5. The number of carbonyl (C=O) groups is 1. The van der Waals surface area contributed by atoms with Crippen LogP contribution in [0.15, 0.2) is 30.3 Å². The van der Waals surface area contributed by atoms with Crippen molar-refractivity contribution in [3.05, 3.63) is 58.9 Å². The molecule has 1 fully saturated rings. The van der Waals surface area contributed by atoms with Gasteiger partial charge in [0.15, 0.2) is 17.9 Å². The minimum atomic E-state index is -3.25. The maximum atomic E-state index is 14.5. The zero-order valence-corrected chi connectivity index (χ0v) is 17.1. The number of alkyl halides is 2. The van der Waals surface area contributed by atoms with Crippen molar-refractivity contribution in [3.63, 3.8) is 0 Å². The van der Waals surface area contributed by atoms with E-state index in [1.54, 1.807) is 0 Å². The lowest BCUT2D eigenvalue weighted by molar-refractivity contribution is -0.206. The van der Waals surface area contributed by atoms with E-state index in [-0.39, 0.29) is 11.5 Å². The zero-order chi connectivity index (χ0) is 23.3. The van der Waals surface area contributed by atoms with Gasteiger partial charge in [0.1, 0.15) is 22.9 Å². The number of hydrogen-bond acceptors (Lipinski definition) is 5. The first kappa shape index (κ1) is 23.9. The van der Waals surface area contributed by atoms with Crippen LogP contribution < -0.4 is 9.47 Å². The van der Waals surface area contributed by atoms with Crippen molar-refractivity contribution in [2.24, 2.45) is 5.92 Å². The van der Waals surface area contributed by atoms with Gasteiger partial charge in [0.2, 0.25) is 0 Å². The van der Waals surface area contributed by atoms with Crippen molar-refractivity contribution in [1.29, 1.82) is 0 Å². The van der Waals surface area contributed by atoms with Crippen LogP contribution in [0.3, 0.4) is 0 Å². The van der Waals surface area contributed by atoms with Crippen LogP contribution in [-0.4, -0.2) is 25.8 Å². The number of carbonyl (C=O) groups excluding carboxylic acids is 1. The Morgan fingerprint density at radius 2 is 1.72 bits per heavy atom. The molecule has 1 saturated heterocycles. The van der Waals surface area contributed by atoms with Crippen molar-refractivity contribution in [2.75, 3.05) is 13.2 Å². The summed E-state index contributed by atoms with van der Waals surface area (Å²) >= 11 is 0. The summed E-state index contributed by atoms with van der Waals surface area (Å²) in [7, 11) is 0. The third-order valence-corrected chi connectivity index (χ3v) is 4.80. The number of unbranched alkanes of at least 4 members (excludes halogenated alkanes) is 1. The molecule has 10 heteroatoms. The second-order valence-corrected chi connectivity index (χ2v) is 7.23. The molecule has 5 nitrogen and oxygen atoms in total. The van der Waals surface area contributed by atoms with Crippen molar-refractivity contribution in [2.45, 2.75) is 39.1 Å². The first-order chi connectivity index (χ1) is 15.3. The van der Waals surface area contributed by atoms with Crippen LogP contribution in [0.2, 0.25) is 0 Å². The third kappa shape index (κ3) is 5.95. The lowest BCUT2D eigenvalue weighted by Crippen LogP contribution is -2.27. The smallest absolute Gasteiger partial charge is 0.387 e. The summed E-state index contributed by atoms with van der Waals surface area (Å²) in [5, 5.41) is 0. The number of ether oxygens (including phenoxy) is 4. The van der Waals surface area contributed by atoms with Gasteiger partial charge in [0, 0.05) is 17.5 Å². The van der Waals surface area contributed by atoms with Gasteiger partial charge in [-0.25, -0.2) is 18.0 Å². The predicted octanol–water partition coefficient (Wildman–Crippen LogP) is 5.78. The van der Waals surface area contributed by atoms with Gasteiger partial charge >= 0.3 is 12.6 Å². The fraction of sp³-hybridized carbons (Fsp3) is 0.409. The van der Waals surface area contributed by atoms with Gasteiger partial charge in [0.05, 0.1) is 13.2 Å². The molecule has 0 unspecified atom stereocenters. The predicted molar refractivity (Wildman–Crippen MR) is 102 cm³/mol. The topological polar surface area (TPSA) is 54.0 Å². The molecule has 0 amide bonds. The Bertz CT molecular complexity index is 921. The fourth-order valence-corrected chi connectivity index (χ4v) is 3.21. The third-order valence-electron chi connectivity index (χ3n) is 4.80. The highest BCUT2D eigenvalue weighted by Crippen LogP contribution is 2.30. The highest BCUT2D eigenvalue weighted by molar-refractivity contribution is 5.91. The lowest BCUT2D eigenvalue weighted by Gasteiger charge is -2.29. The largest absolute Gasteiger partial charge is 0.432 e. The summed E-state index contributed by atoms with van der Waals surface area (Å²) in [5.41, 5.74) is -0.941. The number of rotatable bonds is 8. The zero-order valence-electron chi connectivity index (χ0n) is 17.1. The van der Waals surface area contributed by atoms with E-state index in [1.165, 1.54) is 0 Å².